The number of ether oxygens (including phenoxy) is 1. The molecule has 0 radical (unpaired) electrons. The van der Waals surface area contributed by atoms with E-state index in [4.69, 9.17) is 4.74 Å². The molecule has 1 heterocycles. The van der Waals surface area contributed by atoms with Crippen LogP contribution in [-0.2, 0) is 13.2 Å². The van der Waals surface area contributed by atoms with Crippen molar-refractivity contribution < 1.29 is 4.74 Å². The molecule has 134 valence electrons. The van der Waals surface area contributed by atoms with Gasteiger partial charge in [0.05, 0.1) is 0 Å². The van der Waals surface area contributed by atoms with Crippen molar-refractivity contribution in [3.63, 3.8) is 0 Å². The van der Waals surface area contributed by atoms with Crippen molar-refractivity contribution in [2.45, 2.75) is 40.0 Å². The van der Waals surface area contributed by atoms with Crippen molar-refractivity contribution >= 4 is 5.96 Å². The lowest BCUT2D eigenvalue weighted by Crippen LogP contribution is -2.43. The van der Waals surface area contributed by atoms with Crippen molar-refractivity contribution in [1.82, 2.24) is 15.6 Å². The third-order valence-electron chi connectivity index (χ3n) is 4.10. The number of nitrogens with zero attached hydrogens (tertiary/aromatic N) is 2. The predicted octanol–water partition coefficient (Wildman–Crippen LogP) is 3.37. The van der Waals surface area contributed by atoms with E-state index in [0.717, 1.165) is 17.1 Å². The largest absolute Gasteiger partial charge is 0.473 e. The Morgan fingerprint density at radius 2 is 1.88 bits per heavy atom. The number of rotatable bonds is 7. The lowest BCUT2D eigenvalue weighted by atomic mass is 10.1. The fourth-order valence-corrected chi connectivity index (χ4v) is 2.17. The summed E-state index contributed by atoms with van der Waals surface area (Å²) in [7, 11) is 1.78. The Morgan fingerprint density at radius 1 is 1.12 bits per heavy atom. The Kier molecular flexibility index (Phi) is 7.26. The lowest BCUT2D eigenvalue weighted by molar-refractivity contribution is 0.290. The van der Waals surface area contributed by atoms with Gasteiger partial charge in [-0.15, -0.1) is 0 Å². The molecule has 0 bridgehead atoms. The zero-order valence-electron chi connectivity index (χ0n) is 15.5. The van der Waals surface area contributed by atoms with Crippen molar-refractivity contribution in [3.05, 3.63) is 59.8 Å². The van der Waals surface area contributed by atoms with Crippen LogP contribution in [0.2, 0.25) is 0 Å². The van der Waals surface area contributed by atoms with Crippen molar-refractivity contribution in [2.75, 3.05) is 7.05 Å². The number of aromatic nitrogens is 1. The Labute approximate surface area is 150 Å². The summed E-state index contributed by atoms with van der Waals surface area (Å²) in [4.78, 5) is 8.65. The van der Waals surface area contributed by atoms with E-state index in [1.54, 1.807) is 13.2 Å². The van der Waals surface area contributed by atoms with Gasteiger partial charge in [-0.1, -0.05) is 50.2 Å². The first-order chi connectivity index (χ1) is 12.1. The van der Waals surface area contributed by atoms with Crippen LogP contribution < -0.4 is 15.4 Å². The molecule has 25 heavy (non-hydrogen) atoms. The summed E-state index contributed by atoms with van der Waals surface area (Å²) in [6.07, 6.45) is 1.75. The van der Waals surface area contributed by atoms with Crippen molar-refractivity contribution in [2.24, 2.45) is 10.9 Å². The summed E-state index contributed by atoms with van der Waals surface area (Å²) in [5.41, 5.74) is 2.12. The normalized spacial score (nSPS) is 12.8. The smallest absolute Gasteiger partial charge is 0.218 e. The number of pyridine rings is 1. The SMILES string of the molecule is CN=C(NCc1cccnc1OCc1ccccc1)NC(C)C(C)C. The summed E-state index contributed by atoms with van der Waals surface area (Å²) < 4.78 is 5.90. The second kappa shape index (κ2) is 9.67. The number of hydrogen-bond acceptors (Lipinski definition) is 3. The minimum atomic E-state index is 0.342. The van der Waals surface area contributed by atoms with Crippen LogP contribution in [0, 0.1) is 5.92 Å². The molecule has 5 heteroatoms. The van der Waals surface area contributed by atoms with Crippen molar-refractivity contribution in [1.29, 1.82) is 0 Å². The highest BCUT2D eigenvalue weighted by Gasteiger charge is 2.10. The Balaban J connectivity index is 1.95. The monoisotopic (exact) mass is 340 g/mol. The Bertz CT molecular complexity index is 670. The van der Waals surface area contributed by atoms with Gasteiger partial charge in [0.1, 0.15) is 6.61 Å². The molecule has 0 aliphatic carbocycles. The van der Waals surface area contributed by atoms with E-state index in [2.05, 4.69) is 41.4 Å². The highest BCUT2D eigenvalue weighted by molar-refractivity contribution is 5.79. The number of guanidine groups is 1. The lowest BCUT2D eigenvalue weighted by Gasteiger charge is -2.21. The third kappa shape index (κ3) is 6.10. The number of aliphatic imine (C=N–C) groups is 1. The molecule has 5 nitrogen and oxygen atoms in total. The van der Waals surface area contributed by atoms with Crippen LogP contribution in [0.3, 0.4) is 0 Å². The zero-order valence-corrected chi connectivity index (χ0v) is 15.5. The predicted molar refractivity (Wildman–Crippen MR) is 103 cm³/mol. The van der Waals surface area contributed by atoms with Crippen LogP contribution in [-0.4, -0.2) is 24.0 Å². The molecule has 0 saturated heterocycles. The van der Waals surface area contributed by atoms with Crippen LogP contribution in [0.4, 0.5) is 0 Å². The maximum atomic E-state index is 5.90. The highest BCUT2D eigenvalue weighted by atomic mass is 16.5. The van der Waals surface area contributed by atoms with E-state index in [1.165, 1.54) is 0 Å². The second-order valence-electron chi connectivity index (χ2n) is 6.34. The molecule has 0 saturated carbocycles. The fraction of sp³-hybridized carbons (Fsp3) is 0.400. The fourth-order valence-electron chi connectivity index (χ4n) is 2.17. The van der Waals surface area contributed by atoms with Gasteiger partial charge in [-0.3, -0.25) is 4.99 Å². The summed E-state index contributed by atoms with van der Waals surface area (Å²) in [5.74, 6) is 1.95. The summed E-state index contributed by atoms with van der Waals surface area (Å²) in [6.45, 7) is 7.61. The van der Waals surface area contributed by atoms with E-state index in [1.807, 2.05) is 42.5 Å². The Morgan fingerprint density at radius 3 is 2.56 bits per heavy atom. The molecule has 0 aliphatic rings. The maximum Gasteiger partial charge on any atom is 0.218 e. The topological polar surface area (TPSA) is 58.5 Å². The van der Waals surface area contributed by atoms with Gasteiger partial charge < -0.3 is 15.4 Å². The Hall–Kier alpha value is -2.56. The molecule has 2 aromatic rings. The zero-order chi connectivity index (χ0) is 18.1. The van der Waals surface area contributed by atoms with Gasteiger partial charge in [-0.25, -0.2) is 4.98 Å². The van der Waals surface area contributed by atoms with Crippen LogP contribution in [0.25, 0.3) is 0 Å². The first-order valence-electron chi connectivity index (χ1n) is 8.68. The van der Waals surface area contributed by atoms with E-state index < -0.39 is 0 Å². The maximum absolute atomic E-state index is 5.90. The number of nitrogens with one attached hydrogen (secondary N) is 2. The van der Waals surface area contributed by atoms with Crippen LogP contribution >= 0.6 is 0 Å². The molecule has 1 aromatic carbocycles. The average Bonchev–Trinajstić information content (AvgIpc) is 2.64. The van der Waals surface area contributed by atoms with Gasteiger partial charge in [-0.2, -0.15) is 0 Å². The van der Waals surface area contributed by atoms with Crippen LogP contribution in [0.5, 0.6) is 5.88 Å². The quantitative estimate of drug-likeness (QED) is 0.599. The standard InChI is InChI=1S/C20H28N4O/c1-15(2)16(3)24-20(21-4)23-13-18-11-8-12-22-19(18)25-14-17-9-6-5-7-10-17/h5-12,15-16H,13-14H2,1-4H3,(H2,21,23,24). The molecule has 2 N–H and O–H groups in total. The van der Waals surface area contributed by atoms with E-state index in [9.17, 15) is 0 Å². The summed E-state index contributed by atoms with van der Waals surface area (Å²) >= 11 is 0. The molecule has 0 aliphatic heterocycles. The van der Waals surface area contributed by atoms with Gasteiger partial charge in [0.2, 0.25) is 5.88 Å². The van der Waals surface area contributed by atoms with Crippen LogP contribution in [0.15, 0.2) is 53.7 Å². The number of benzene rings is 1. The molecule has 1 atom stereocenters. The molecule has 1 aromatic heterocycles. The first-order valence-corrected chi connectivity index (χ1v) is 8.68. The molecular formula is C20H28N4O. The summed E-state index contributed by atoms with van der Waals surface area (Å²) in [6, 6.07) is 14.4. The average molecular weight is 340 g/mol. The van der Waals surface area contributed by atoms with Gasteiger partial charge in [0, 0.05) is 31.4 Å². The molecule has 1 unspecified atom stereocenters. The second-order valence-corrected chi connectivity index (χ2v) is 6.34. The van der Waals surface area contributed by atoms with Gasteiger partial charge >= 0.3 is 0 Å². The first kappa shape index (κ1) is 18.8. The van der Waals surface area contributed by atoms with E-state index >= 15 is 0 Å². The number of hydrogen-bond donors (Lipinski definition) is 2. The highest BCUT2D eigenvalue weighted by Crippen LogP contribution is 2.16. The van der Waals surface area contributed by atoms with Crippen LogP contribution in [0.1, 0.15) is 31.9 Å². The summed E-state index contributed by atoms with van der Waals surface area (Å²) in [5, 5.41) is 6.72. The molecular weight excluding hydrogens is 312 g/mol. The van der Waals surface area contributed by atoms with Gasteiger partial charge in [0.25, 0.3) is 0 Å². The van der Waals surface area contributed by atoms with Gasteiger partial charge in [0.15, 0.2) is 5.96 Å². The minimum Gasteiger partial charge on any atom is -0.473 e. The molecule has 2 rings (SSSR count). The third-order valence-corrected chi connectivity index (χ3v) is 4.10. The molecule has 0 fully saturated rings. The molecule has 0 spiro atoms. The van der Waals surface area contributed by atoms with E-state index in [0.29, 0.717) is 31.0 Å². The van der Waals surface area contributed by atoms with E-state index in [-0.39, 0.29) is 0 Å². The molecule has 0 amide bonds. The van der Waals surface area contributed by atoms with Gasteiger partial charge in [-0.05, 0) is 24.5 Å². The minimum absolute atomic E-state index is 0.342. The van der Waals surface area contributed by atoms with Crippen molar-refractivity contribution in [3.8, 4) is 5.88 Å².